The predicted molar refractivity (Wildman–Crippen MR) is 55.4 cm³/mol. The van der Waals surface area contributed by atoms with Gasteiger partial charge in [-0.3, -0.25) is 4.79 Å². The summed E-state index contributed by atoms with van der Waals surface area (Å²) in [7, 11) is 1.74. The number of hydrogen-bond donors (Lipinski definition) is 0. The topological polar surface area (TPSA) is 38.1 Å². The summed E-state index contributed by atoms with van der Waals surface area (Å²) in [5.41, 5.74) is -0.0252. The van der Waals surface area contributed by atoms with E-state index in [0.29, 0.717) is 5.82 Å². The second kappa shape index (κ2) is 3.65. The van der Waals surface area contributed by atoms with E-state index in [4.69, 9.17) is 0 Å². The van der Waals surface area contributed by atoms with Crippen LogP contribution in [0, 0.1) is 0 Å². The average molecular weight is 191 g/mol. The standard InChI is InChI=1S/C10H13N3O/c1-12-8-5-11-9(10(12)14)13-6-3-2-4-7-13/h2-3,5,8H,4,6-7H2,1H3. The first-order valence-electron chi connectivity index (χ1n) is 4.70. The molecule has 0 radical (unpaired) electrons. The summed E-state index contributed by atoms with van der Waals surface area (Å²) in [6.07, 6.45) is 8.52. The van der Waals surface area contributed by atoms with Crippen LogP contribution in [-0.2, 0) is 7.05 Å². The van der Waals surface area contributed by atoms with Crippen LogP contribution in [0.4, 0.5) is 5.82 Å². The van der Waals surface area contributed by atoms with Crippen molar-refractivity contribution in [1.29, 1.82) is 0 Å². The van der Waals surface area contributed by atoms with Gasteiger partial charge in [0.15, 0.2) is 5.82 Å². The van der Waals surface area contributed by atoms with E-state index in [1.54, 1.807) is 24.0 Å². The van der Waals surface area contributed by atoms with Gasteiger partial charge < -0.3 is 9.47 Å². The molecule has 0 spiro atoms. The molecule has 74 valence electrons. The van der Waals surface area contributed by atoms with Gasteiger partial charge in [-0.1, -0.05) is 12.2 Å². The van der Waals surface area contributed by atoms with E-state index in [1.165, 1.54) is 0 Å². The van der Waals surface area contributed by atoms with Gasteiger partial charge in [0.05, 0.1) is 0 Å². The van der Waals surface area contributed by atoms with E-state index in [-0.39, 0.29) is 5.56 Å². The van der Waals surface area contributed by atoms with Gasteiger partial charge in [-0.2, -0.15) is 0 Å². The van der Waals surface area contributed by atoms with Gasteiger partial charge in [0, 0.05) is 32.5 Å². The van der Waals surface area contributed by atoms with Gasteiger partial charge in [-0.25, -0.2) is 4.98 Å². The minimum atomic E-state index is -0.0252. The monoisotopic (exact) mass is 191 g/mol. The molecule has 0 amide bonds. The van der Waals surface area contributed by atoms with Crippen LogP contribution in [0.2, 0.25) is 0 Å². The highest BCUT2D eigenvalue weighted by Gasteiger charge is 2.12. The van der Waals surface area contributed by atoms with Gasteiger partial charge in [0.1, 0.15) is 0 Å². The van der Waals surface area contributed by atoms with Crippen molar-refractivity contribution in [3.05, 3.63) is 34.9 Å². The Morgan fingerprint density at radius 2 is 2.29 bits per heavy atom. The maximum Gasteiger partial charge on any atom is 0.293 e. The molecule has 0 aromatic carbocycles. The number of aromatic nitrogens is 2. The van der Waals surface area contributed by atoms with Crippen LogP contribution < -0.4 is 10.5 Å². The predicted octanol–water partition coefficient (Wildman–Crippen LogP) is 0.547. The lowest BCUT2D eigenvalue weighted by atomic mass is 10.2. The number of aryl methyl sites for hydroxylation is 1. The van der Waals surface area contributed by atoms with E-state index in [9.17, 15) is 4.79 Å². The van der Waals surface area contributed by atoms with Crippen molar-refractivity contribution in [2.24, 2.45) is 7.05 Å². The molecule has 0 bridgehead atoms. The van der Waals surface area contributed by atoms with Crippen molar-refractivity contribution in [1.82, 2.24) is 9.55 Å². The molecule has 1 aliphatic rings. The zero-order chi connectivity index (χ0) is 9.97. The summed E-state index contributed by atoms with van der Waals surface area (Å²) in [6.45, 7) is 1.66. The van der Waals surface area contributed by atoms with Gasteiger partial charge >= 0.3 is 0 Å². The zero-order valence-corrected chi connectivity index (χ0v) is 8.18. The van der Waals surface area contributed by atoms with Crippen molar-refractivity contribution in [2.75, 3.05) is 18.0 Å². The molecule has 1 aromatic rings. The third-order valence-electron chi connectivity index (χ3n) is 2.36. The van der Waals surface area contributed by atoms with E-state index in [1.807, 2.05) is 4.90 Å². The molecule has 4 nitrogen and oxygen atoms in total. The molecule has 1 aliphatic heterocycles. The molecule has 0 atom stereocenters. The highest BCUT2D eigenvalue weighted by molar-refractivity contribution is 5.37. The van der Waals surface area contributed by atoms with Crippen molar-refractivity contribution in [2.45, 2.75) is 6.42 Å². The fourth-order valence-electron chi connectivity index (χ4n) is 1.54. The molecular formula is C10H13N3O. The summed E-state index contributed by atoms with van der Waals surface area (Å²) in [6, 6.07) is 0. The molecule has 0 saturated carbocycles. The molecule has 4 heteroatoms. The highest BCUT2D eigenvalue weighted by atomic mass is 16.1. The van der Waals surface area contributed by atoms with Crippen molar-refractivity contribution < 1.29 is 0 Å². The average Bonchev–Trinajstić information content (AvgIpc) is 2.23. The van der Waals surface area contributed by atoms with Crippen LogP contribution in [0.15, 0.2) is 29.3 Å². The summed E-state index contributed by atoms with van der Waals surface area (Å²) in [5, 5.41) is 0. The number of hydrogen-bond acceptors (Lipinski definition) is 3. The van der Waals surface area contributed by atoms with Crippen LogP contribution in [-0.4, -0.2) is 22.6 Å². The Morgan fingerprint density at radius 3 is 3.00 bits per heavy atom. The molecule has 0 fully saturated rings. The Morgan fingerprint density at radius 1 is 1.43 bits per heavy atom. The fourth-order valence-corrected chi connectivity index (χ4v) is 1.54. The SMILES string of the molecule is Cn1ccnc(N2CC=CCC2)c1=O. The highest BCUT2D eigenvalue weighted by Crippen LogP contribution is 2.08. The summed E-state index contributed by atoms with van der Waals surface area (Å²) < 4.78 is 1.56. The fraction of sp³-hybridized carbons (Fsp3) is 0.400. The molecule has 2 rings (SSSR count). The van der Waals surface area contributed by atoms with Crippen LogP contribution >= 0.6 is 0 Å². The zero-order valence-electron chi connectivity index (χ0n) is 8.18. The minimum Gasteiger partial charge on any atom is -0.348 e. The molecule has 0 N–H and O–H groups in total. The summed E-state index contributed by atoms with van der Waals surface area (Å²) >= 11 is 0. The second-order valence-corrected chi connectivity index (χ2v) is 3.37. The Balaban J connectivity index is 2.36. The number of rotatable bonds is 1. The van der Waals surface area contributed by atoms with Crippen LogP contribution in [0.3, 0.4) is 0 Å². The van der Waals surface area contributed by atoms with Gasteiger partial charge in [-0.15, -0.1) is 0 Å². The van der Waals surface area contributed by atoms with E-state index in [2.05, 4.69) is 17.1 Å². The normalized spacial score (nSPS) is 15.9. The van der Waals surface area contributed by atoms with Crippen molar-refractivity contribution >= 4 is 5.82 Å². The van der Waals surface area contributed by atoms with Crippen molar-refractivity contribution in [3.63, 3.8) is 0 Å². The molecular weight excluding hydrogens is 178 g/mol. The number of anilines is 1. The third kappa shape index (κ3) is 1.55. The lowest BCUT2D eigenvalue weighted by Crippen LogP contribution is -2.34. The van der Waals surface area contributed by atoms with Gasteiger partial charge in [0.25, 0.3) is 5.56 Å². The minimum absolute atomic E-state index is 0.0252. The van der Waals surface area contributed by atoms with E-state index in [0.717, 1.165) is 19.5 Å². The third-order valence-corrected chi connectivity index (χ3v) is 2.36. The lowest BCUT2D eigenvalue weighted by molar-refractivity contribution is 0.764. The first-order valence-corrected chi connectivity index (χ1v) is 4.70. The van der Waals surface area contributed by atoms with Crippen LogP contribution in [0.5, 0.6) is 0 Å². The second-order valence-electron chi connectivity index (χ2n) is 3.37. The molecule has 1 aromatic heterocycles. The molecule has 2 heterocycles. The van der Waals surface area contributed by atoms with Gasteiger partial charge in [0.2, 0.25) is 0 Å². The van der Waals surface area contributed by atoms with Gasteiger partial charge in [-0.05, 0) is 6.42 Å². The Bertz CT molecular complexity index is 408. The lowest BCUT2D eigenvalue weighted by Gasteiger charge is -2.23. The molecule has 0 unspecified atom stereocenters. The van der Waals surface area contributed by atoms with E-state index >= 15 is 0 Å². The van der Waals surface area contributed by atoms with E-state index < -0.39 is 0 Å². The smallest absolute Gasteiger partial charge is 0.293 e. The first-order chi connectivity index (χ1) is 6.79. The maximum atomic E-state index is 11.7. The Labute approximate surface area is 82.5 Å². The number of nitrogens with zero attached hydrogens (tertiary/aromatic N) is 3. The Hall–Kier alpha value is -1.58. The Kier molecular flexibility index (Phi) is 2.35. The summed E-state index contributed by atoms with van der Waals surface area (Å²) in [5.74, 6) is 0.555. The van der Waals surface area contributed by atoms with Crippen LogP contribution in [0.1, 0.15) is 6.42 Å². The molecule has 0 aliphatic carbocycles. The largest absolute Gasteiger partial charge is 0.348 e. The maximum absolute atomic E-state index is 11.7. The first kappa shape index (κ1) is 8.99. The molecule has 14 heavy (non-hydrogen) atoms. The molecule has 0 saturated heterocycles. The van der Waals surface area contributed by atoms with Crippen molar-refractivity contribution in [3.8, 4) is 0 Å². The summed E-state index contributed by atoms with van der Waals surface area (Å²) in [4.78, 5) is 17.8. The van der Waals surface area contributed by atoms with Crippen LogP contribution in [0.25, 0.3) is 0 Å². The quantitative estimate of drug-likeness (QED) is 0.608.